The first-order valence-corrected chi connectivity index (χ1v) is 9.15. The maximum Gasteiger partial charge on any atom is 0.427 e. The van der Waals surface area contributed by atoms with Crippen molar-refractivity contribution in [2.24, 2.45) is 5.92 Å². The highest BCUT2D eigenvalue weighted by molar-refractivity contribution is 6.29. The molecule has 0 unspecified atom stereocenters. The largest absolute Gasteiger partial charge is 0.427 e. The molecular formula is C19H15ClF3N5O. The van der Waals surface area contributed by atoms with E-state index in [4.69, 9.17) is 17.3 Å². The lowest BCUT2D eigenvalue weighted by atomic mass is 9.85. The minimum absolute atomic E-state index is 0.00518. The molecule has 1 aliphatic heterocycles. The molecule has 2 amide bonds. The summed E-state index contributed by atoms with van der Waals surface area (Å²) in [6, 6.07) is 4.87. The van der Waals surface area contributed by atoms with Crippen molar-refractivity contribution in [3.8, 4) is 11.8 Å². The highest BCUT2D eigenvalue weighted by Crippen LogP contribution is 2.44. The Kier molecular flexibility index (Phi) is 4.54. The van der Waals surface area contributed by atoms with Crippen LogP contribution < -0.4 is 16.4 Å². The predicted molar refractivity (Wildman–Crippen MR) is 101 cm³/mol. The number of nitrogens with zero attached hydrogens (tertiary/aromatic N) is 2. The Morgan fingerprint density at radius 3 is 2.69 bits per heavy atom. The van der Waals surface area contributed by atoms with Gasteiger partial charge in [-0.1, -0.05) is 35.6 Å². The van der Waals surface area contributed by atoms with Gasteiger partial charge in [0.25, 0.3) is 0 Å². The summed E-state index contributed by atoms with van der Waals surface area (Å²) in [5, 5.41) is 4.59. The second kappa shape index (κ2) is 6.81. The Labute approximate surface area is 169 Å². The van der Waals surface area contributed by atoms with E-state index in [0.717, 1.165) is 12.8 Å². The van der Waals surface area contributed by atoms with E-state index < -0.39 is 17.7 Å². The van der Waals surface area contributed by atoms with Gasteiger partial charge in [-0.15, -0.1) is 0 Å². The lowest BCUT2D eigenvalue weighted by Gasteiger charge is -2.37. The molecule has 0 saturated heterocycles. The van der Waals surface area contributed by atoms with Crippen LogP contribution in [0.5, 0.6) is 0 Å². The zero-order valence-corrected chi connectivity index (χ0v) is 15.7. The number of anilines is 2. The van der Waals surface area contributed by atoms with E-state index in [1.165, 1.54) is 24.3 Å². The summed E-state index contributed by atoms with van der Waals surface area (Å²) in [5.74, 6) is 4.89. The minimum atomic E-state index is -4.79. The number of amides is 2. The standard InChI is InChI=1S/C19H15ClF3N5O/c20-15-9-12(25-16(24)27-15)7-11-3-4-13-14(8-11)26-17(29)28-18(13,19(21,22)23)6-5-10-1-2-10/h3-4,8-10H,1-2,7H2,(H2,24,25,27)(H2,26,28,29)/t18-/m0/s1. The molecule has 2 aromatic rings. The smallest absolute Gasteiger partial charge is 0.368 e. The number of nitrogen functional groups attached to an aromatic ring is 1. The third kappa shape index (κ3) is 3.80. The van der Waals surface area contributed by atoms with Crippen LogP contribution in [-0.2, 0) is 12.0 Å². The number of alkyl halides is 3. The normalized spacial score (nSPS) is 20.8. The Morgan fingerprint density at radius 1 is 1.28 bits per heavy atom. The molecule has 1 aromatic heterocycles. The van der Waals surface area contributed by atoms with Crippen LogP contribution in [0.1, 0.15) is 29.7 Å². The third-order valence-corrected chi connectivity index (χ3v) is 4.85. The number of rotatable bonds is 2. The van der Waals surface area contributed by atoms with Crippen LogP contribution in [0.15, 0.2) is 24.3 Å². The minimum Gasteiger partial charge on any atom is -0.368 e. The van der Waals surface area contributed by atoms with E-state index in [0.29, 0.717) is 11.3 Å². The number of carbonyl (C=O) groups excluding carboxylic acids is 1. The van der Waals surface area contributed by atoms with Gasteiger partial charge in [-0.2, -0.15) is 13.2 Å². The number of hydrogen-bond acceptors (Lipinski definition) is 4. The van der Waals surface area contributed by atoms with Gasteiger partial charge in [-0.05, 0) is 30.5 Å². The summed E-state index contributed by atoms with van der Waals surface area (Å²) in [6.45, 7) is 0. The first kappa shape index (κ1) is 19.3. The summed E-state index contributed by atoms with van der Waals surface area (Å²) in [6.07, 6.45) is -3.01. The fourth-order valence-electron chi connectivity index (χ4n) is 3.14. The van der Waals surface area contributed by atoms with Gasteiger partial charge in [0.1, 0.15) is 5.15 Å². The summed E-state index contributed by atoms with van der Waals surface area (Å²) in [7, 11) is 0. The van der Waals surface area contributed by atoms with E-state index in [2.05, 4.69) is 27.1 Å². The number of nitrogens with one attached hydrogen (secondary N) is 2. The number of carbonyl (C=O) groups is 1. The Bertz CT molecular complexity index is 1040. The number of urea groups is 1. The molecule has 1 aliphatic carbocycles. The van der Waals surface area contributed by atoms with Crippen LogP contribution in [0.3, 0.4) is 0 Å². The van der Waals surface area contributed by atoms with E-state index in [-0.39, 0.29) is 34.7 Å². The molecular weight excluding hydrogens is 407 g/mol. The molecule has 2 heterocycles. The fourth-order valence-corrected chi connectivity index (χ4v) is 3.35. The molecule has 1 saturated carbocycles. The second-order valence-corrected chi connectivity index (χ2v) is 7.35. The molecule has 0 bridgehead atoms. The molecule has 1 fully saturated rings. The highest BCUT2D eigenvalue weighted by atomic mass is 35.5. The number of nitrogens with two attached hydrogens (primary N) is 1. The SMILES string of the molecule is Nc1nc(Cl)cc(Cc2ccc3c(c2)NC(=O)N[C@]3(C#CC2CC2)C(F)(F)F)n1. The molecule has 4 rings (SSSR count). The molecule has 0 radical (unpaired) electrons. The Hall–Kier alpha value is -2.99. The molecule has 6 nitrogen and oxygen atoms in total. The number of hydrogen-bond donors (Lipinski definition) is 3. The molecule has 2 aliphatic rings. The van der Waals surface area contributed by atoms with Crippen molar-refractivity contribution in [2.75, 3.05) is 11.1 Å². The number of benzene rings is 1. The Balaban J connectivity index is 1.75. The number of halogens is 4. The lowest BCUT2D eigenvalue weighted by molar-refractivity contribution is -0.178. The van der Waals surface area contributed by atoms with Crippen LogP contribution in [0.4, 0.5) is 29.6 Å². The first-order chi connectivity index (χ1) is 13.7. The predicted octanol–water partition coefficient (Wildman–Crippen LogP) is 3.61. The number of aromatic nitrogens is 2. The maximum absolute atomic E-state index is 14.1. The van der Waals surface area contributed by atoms with Crippen molar-refractivity contribution in [2.45, 2.75) is 31.0 Å². The van der Waals surface area contributed by atoms with E-state index in [9.17, 15) is 18.0 Å². The second-order valence-electron chi connectivity index (χ2n) is 6.97. The van der Waals surface area contributed by atoms with Gasteiger partial charge in [0.05, 0.1) is 5.69 Å². The Morgan fingerprint density at radius 2 is 2.03 bits per heavy atom. The maximum atomic E-state index is 14.1. The zero-order chi connectivity index (χ0) is 20.8. The molecule has 4 N–H and O–H groups in total. The molecule has 1 aromatic carbocycles. The zero-order valence-electron chi connectivity index (χ0n) is 14.9. The summed E-state index contributed by atoms with van der Waals surface area (Å²) in [4.78, 5) is 19.9. The van der Waals surface area contributed by atoms with Gasteiger partial charge < -0.3 is 16.4 Å². The van der Waals surface area contributed by atoms with Crippen molar-refractivity contribution >= 4 is 29.3 Å². The van der Waals surface area contributed by atoms with Crippen LogP contribution in [0, 0.1) is 17.8 Å². The molecule has 10 heteroatoms. The van der Waals surface area contributed by atoms with Crippen LogP contribution in [-0.4, -0.2) is 22.2 Å². The van der Waals surface area contributed by atoms with Gasteiger partial charge in [0.2, 0.25) is 11.5 Å². The van der Waals surface area contributed by atoms with Crippen molar-refractivity contribution in [1.29, 1.82) is 0 Å². The molecule has 29 heavy (non-hydrogen) atoms. The lowest BCUT2D eigenvalue weighted by Crippen LogP contribution is -2.59. The van der Waals surface area contributed by atoms with Crippen LogP contribution >= 0.6 is 11.6 Å². The van der Waals surface area contributed by atoms with E-state index in [1.807, 2.05) is 5.32 Å². The molecule has 1 atom stereocenters. The van der Waals surface area contributed by atoms with E-state index in [1.54, 1.807) is 0 Å². The monoisotopic (exact) mass is 421 g/mol. The van der Waals surface area contributed by atoms with Gasteiger partial charge in [-0.3, -0.25) is 0 Å². The molecule has 150 valence electrons. The fraction of sp³-hybridized carbons (Fsp3) is 0.316. The average molecular weight is 422 g/mol. The average Bonchev–Trinajstić information content (AvgIpc) is 3.41. The van der Waals surface area contributed by atoms with Crippen LogP contribution in [0.25, 0.3) is 0 Å². The van der Waals surface area contributed by atoms with Gasteiger partial charge in [0, 0.05) is 23.6 Å². The van der Waals surface area contributed by atoms with Crippen molar-refractivity contribution in [1.82, 2.24) is 15.3 Å². The number of fused-ring (bicyclic) bond motifs is 1. The highest BCUT2D eigenvalue weighted by Gasteiger charge is 2.59. The molecule has 0 spiro atoms. The van der Waals surface area contributed by atoms with Crippen molar-refractivity contribution < 1.29 is 18.0 Å². The van der Waals surface area contributed by atoms with Gasteiger partial charge in [0.15, 0.2) is 0 Å². The summed E-state index contributed by atoms with van der Waals surface area (Å²) >= 11 is 5.87. The quantitative estimate of drug-likeness (QED) is 0.510. The van der Waals surface area contributed by atoms with Gasteiger partial charge >= 0.3 is 12.2 Å². The van der Waals surface area contributed by atoms with Crippen molar-refractivity contribution in [3.63, 3.8) is 0 Å². The summed E-state index contributed by atoms with van der Waals surface area (Å²) < 4.78 is 42.2. The van der Waals surface area contributed by atoms with Crippen molar-refractivity contribution in [3.05, 3.63) is 46.2 Å². The third-order valence-electron chi connectivity index (χ3n) is 4.65. The van der Waals surface area contributed by atoms with Gasteiger partial charge in [-0.25, -0.2) is 14.8 Å². The summed E-state index contributed by atoms with van der Waals surface area (Å²) in [5.41, 5.74) is 3.83. The topological polar surface area (TPSA) is 92.9 Å². The van der Waals surface area contributed by atoms with Crippen LogP contribution in [0.2, 0.25) is 5.15 Å². The van der Waals surface area contributed by atoms with E-state index >= 15 is 0 Å². The first-order valence-electron chi connectivity index (χ1n) is 8.77.